The van der Waals surface area contributed by atoms with Crippen molar-refractivity contribution in [2.75, 3.05) is 6.61 Å². The van der Waals surface area contributed by atoms with Gasteiger partial charge >= 0.3 is 5.97 Å². The Hall–Kier alpha value is -1.01. The maximum Gasteiger partial charge on any atom is 0.337 e. The minimum absolute atomic E-state index is 0.00473. The molecule has 3 aliphatic rings. The summed E-state index contributed by atoms with van der Waals surface area (Å²) in [5.41, 5.74) is -0.332. The molecule has 1 aliphatic heterocycles. The lowest BCUT2D eigenvalue weighted by atomic mass is 9.67. The van der Waals surface area contributed by atoms with Gasteiger partial charge in [-0.2, -0.15) is 0 Å². The molecule has 1 saturated heterocycles. The van der Waals surface area contributed by atoms with E-state index in [9.17, 15) is 4.79 Å². The molecule has 1 heterocycles. The molecule has 0 spiro atoms. The van der Waals surface area contributed by atoms with E-state index in [0.29, 0.717) is 18.4 Å². The molecule has 0 amide bonds. The molecular weight excluding hydrogens is 384 g/mol. The lowest BCUT2D eigenvalue weighted by molar-refractivity contribution is -0.187. The number of rotatable bonds is 9. The predicted octanol–water partition coefficient (Wildman–Crippen LogP) is 7.22. The molecule has 176 valence electrons. The third kappa shape index (κ3) is 6.98. The fourth-order valence-corrected chi connectivity index (χ4v) is 6.12. The zero-order chi connectivity index (χ0) is 21.9. The molecule has 3 rings (SSSR count). The van der Waals surface area contributed by atoms with E-state index in [4.69, 9.17) is 9.47 Å². The van der Waals surface area contributed by atoms with Crippen molar-refractivity contribution in [2.24, 2.45) is 17.8 Å². The first-order valence-electron chi connectivity index (χ1n) is 13.5. The lowest BCUT2D eigenvalue weighted by Gasteiger charge is -2.46. The fraction of sp³-hybridized carbons (Fsp3) is 0.893. The van der Waals surface area contributed by atoms with Crippen LogP contribution in [0.15, 0.2) is 0 Å². The van der Waals surface area contributed by atoms with Crippen LogP contribution in [0.1, 0.15) is 123 Å². The Morgan fingerprint density at radius 2 is 1.52 bits per heavy atom. The van der Waals surface area contributed by atoms with Gasteiger partial charge in [0, 0.05) is 13.0 Å². The summed E-state index contributed by atoms with van der Waals surface area (Å²) < 4.78 is 12.4. The van der Waals surface area contributed by atoms with Gasteiger partial charge < -0.3 is 9.47 Å². The van der Waals surface area contributed by atoms with E-state index in [1.165, 1.54) is 89.9 Å². The third-order valence-electron chi connectivity index (χ3n) is 8.17. The number of hydrogen-bond acceptors (Lipinski definition) is 3. The highest BCUT2D eigenvalue weighted by Crippen LogP contribution is 2.45. The van der Waals surface area contributed by atoms with Crippen LogP contribution in [0, 0.1) is 29.6 Å². The first-order chi connectivity index (χ1) is 15.1. The fourth-order valence-electron chi connectivity index (χ4n) is 6.12. The molecule has 0 radical (unpaired) electrons. The second-order valence-corrected chi connectivity index (χ2v) is 10.4. The highest BCUT2D eigenvalue weighted by Gasteiger charge is 2.47. The van der Waals surface area contributed by atoms with Crippen LogP contribution >= 0.6 is 0 Å². The summed E-state index contributed by atoms with van der Waals surface area (Å²) in [6.45, 7) is 5.12. The Morgan fingerprint density at radius 1 is 0.903 bits per heavy atom. The van der Waals surface area contributed by atoms with Crippen LogP contribution in [0.5, 0.6) is 0 Å². The normalized spacial score (nSPS) is 25.7. The van der Waals surface area contributed by atoms with E-state index in [0.717, 1.165) is 19.3 Å². The van der Waals surface area contributed by atoms with Gasteiger partial charge in [0.05, 0.1) is 5.92 Å². The Labute approximate surface area is 191 Å². The summed E-state index contributed by atoms with van der Waals surface area (Å²) >= 11 is 0. The zero-order valence-corrected chi connectivity index (χ0v) is 20.3. The summed E-state index contributed by atoms with van der Waals surface area (Å²) in [5, 5.41) is 0. The number of carbonyl (C=O) groups excluding carboxylic acids is 1. The average molecular weight is 431 g/mol. The van der Waals surface area contributed by atoms with E-state index in [2.05, 4.69) is 25.7 Å². The van der Waals surface area contributed by atoms with Gasteiger partial charge in [-0.05, 0) is 57.3 Å². The van der Waals surface area contributed by atoms with Crippen molar-refractivity contribution in [3.63, 3.8) is 0 Å². The molecule has 0 aromatic heterocycles. The second-order valence-electron chi connectivity index (χ2n) is 10.4. The summed E-state index contributed by atoms with van der Waals surface area (Å²) in [4.78, 5) is 13.3. The Morgan fingerprint density at radius 3 is 2.13 bits per heavy atom. The Bertz CT molecular complexity index is 571. The van der Waals surface area contributed by atoms with Gasteiger partial charge in [0.2, 0.25) is 0 Å². The molecule has 0 aromatic carbocycles. The number of esters is 1. The number of ether oxygens (including phenoxy) is 2. The van der Waals surface area contributed by atoms with Crippen molar-refractivity contribution in [1.29, 1.82) is 0 Å². The van der Waals surface area contributed by atoms with Crippen molar-refractivity contribution in [3.05, 3.63) is 0 Å². The molecule has 0 unspecified atom stereocenters. The van der Waals surface area contributed by atoms with Crippen molar-refractivity contribution in [2.45, 2.75) is 135 Å². The van der Waals surface area contributed by atoms with Gasteiger partial charge in [-0.1, -0.05) is 77.1 Å². The Balaban J connectivity index is 1.59. The number of carbonyl (C=O) groups is 1. The largest absolute Gasteiger partial charge is 0.457 e. The van der Waals surface area contributed by atoms with E-state index in [1.807, 2.05) is 0 Å². The zero-order valence-electron chi connectivity index (χ0n) is 20.3. The van der Waals surface area contributed by atoms with Crippen LogP contribution in [0.3, 0.4) is 0 Å². The van der Waals surface area contributed by atoms with Crippen LogP contribution < -0.4 is 0 Å². The summed E-state index contributed by atoms with van der Waals surface area (Å²) in [6, 6.07) is 0. The molecule has 3 heteroatoms. The molecule has 2 aliphatic carbocycles. The van der Waals surface area contributed by atoms with Gasteiger partial charge in [0.1, 0.15) is 5.60 Å². The molecule has 3 fully saturated rings. The van der Waals surface area contributed by atoms with Crippen LogP contribution in [0.25, 0.3) is 0 Å². The van der Waals surface area contributed by atoms with Gasteiger partial charge in [0.25, 0.3) is 0 Å². The monoisotopic (exact) mass is 430 g/mol. The molecule has 2 atom stereocenters. The van der Waals surface area contributed by atoms with Crippen molar-refractivity contribution >= 4 is 5.97 Å². The van der Waals surface area contributed by atoms with Crippen molar-refractivity contribution in [1.82, 2.24) is 0 Å². The van der Waals surface area contributed by atoms with E-state index in [-0.39, 0.29) is 17.5 Å². The molecular formula is C28H46O3. The van der Waals surface area contributed by atoms with Crippen LogP contribution in [0.2, 0.25) is 0 Å². The minimum atomic E-state index is -0.487. The maximum atomic E-state index is 13.3. The first kappa shape index (κ1) is 24.6. The first-order valence-corrected chi connectivity index (χ1v) is 13.5. The molecule has 31 heavy (non-hydrogen) atoms. The Kier molecular flexibility index (Phi) is 10.2. The highest BCUT2D eigenvalue weighted by atomic mass is 16.6. The molecule has 3 nitrogen and oxygen atoms in total. The van der Waals surface area contributed by atoms with E-state index >= 15 is 0 Å². The topological polar surface area (TPSA) is 35.5 Å². The van der Waals surface area contributed by atoms with Gasteiger partial charge in [0.15, 0.2) is 6.10 Å². The molecule has 0 aromatic rings. The van der Waals surface area contributed by atoms with Gasteiger partial charge in [-0.3, -0.25) is 0 Å². The number of hydrogen-bond donors (Lipinski definition) is 0. The van der Waals surface area contributed by atoms with Crippen LogP contribution in [0.4, 0.5) is 0 Å². The summed E-state index contributed by atoms with van der Waals surface area (Å²) in [7, 11) is 0. The van der Waals surface area contributed by atoms with E-state index in [1.54, 1.807) is 0 Å². The third-order valence-corrected chi connectivity index (χ3v) is 8.17. The number of unbranched alkanes of at least 4 members (excludes halogenated alkanes) is 5. The molecule has 0 bridgehead atoms. The SMILES string of the molecule is CCCCCCCC#C[C@H]1CCO[C@@H]1C(=O)OC(C)(C1CCCCC1)C1CCCCC1. The van der Waals surface area contributed by atoms with Crippen LogP contribution in [-0.2, 0) is 14.3 Å². The van der Waals surface area contributed by atoms with Gasteiger partial charge in [-0.25, -0.2) is 4.79 Å². The lowest BCUT2D eigenvalue weighted by Crippen LogP contribution is -2.50. The standard InChI is InChI=1S/C28H46O3/c1-3-4-5-6-7-8-11-16-23-21-22-30-26(23)27(29)31-28(2,24-17-12-9-13-18-24)25-19-14-10-15-20-25/h23-26H,3-10,12-15,17-22H2,1-2H3/t23-,26-/m0/s1. The maximum absolute atomic E-state index is 13.3. The predicted molar refractivity (Wildman–Crippen MR) is 127 cm³/mol. The van der Waals surface area contributed by atoms with Crippen LogP contribution in [-0.4, -0.2) is 24.3 Å². The minimum Gasteiger partial charge on any atom is -0.457 e. The quantitative estimate of drug-likeness (QED) is 0.220. The van der Waals surface area contributed by atoms with Gasteiger partial charge in [-0.15, -0.1) is 5.92 Å². The second kappa shape index (κ2) is 12.9. The summed E-state index contributed by atoms with van der Waals surface area (Å²) in [6.07, 6.45) is 20.2. The molecule has 0 N–H and O–H groups in total. The van der Waals surface area contributed by atoms with Crippen molar-refractivity contribution < 1.29 is 14.3 Å². The van der Waals surface area contributed by atoms with E-state index < -0.39 is 6.10 Å². The summed E-state index contributed by atoms with van der Waals surface area (Å²) in [5.74, 6) is 7.58. The highest BCUT2D eigenvalue weighted by molar-refractivity contribution is 5.76. The molecule has 2 saturated carbocycles. The smallest absolute Gasteiger partial charge is 0.337 e. The van der Waals surface area contributed by atoms with Crippen molar-refractivity contribution in [3.8, 4) is 11.8 Å². The average Bonchev–Trinajstić information content (AvgIpc) is 3.28.